The van der Waals surface area contributed by atoms with E-state index in [0.29, 0.717) is 24.9 Å². The fourth-order valence-corrected chi connectivity index (χ4v) is 2.11. The number of benzene rings is 1. The van der Waals surface area contributed by atoms with Crippen LogP contribution in [0, 0.1) is 0 Å². The van der Waals surface area contributed by atoms with Gasteiger partial charge in [0, 0.05) is 13.0 Å². The zero-order valence-electron chi connectivity index (χ0n) is 11.5. The number of hydrogen-bond donors (Lipinski definition) is 2. The van der Waals surface area contributed by atoms with Gasteiger partial charge in [0.2, 0.25) is 11.8 Å². The SMILES string of the molecule is Br.COC(=O)c1ccccc1CN[C@H]1CCC(=O)NC1=O. The van der Waals surface area contributed by atoms with Crippen LogP contribution in [0.2, 0.25) is 0 Å². The first-order valence-electron chi connectivity index (χ1n) is 6.35. The van der Waals surface area contributed by atoms with Crippen LogP contribution >= 0.6 is 17.0 Å². The van der Waals surface area contributed by atoms with Gasteiger partial charge in [-0.2, -0.15) is 0 Å². The Morgan fingerprint density at radius 2 is 2.10 bits per heavy atom. The lowest BCUT2D eigenvalue weighted by atomic mass is 10.0. The van der Waals surface area contributed by atoms with Crippen molar-refractivity contribution in [2.75, 3.05) is 7.11 Å². The predicted molar refractivity (Wildman–Crippen MR) is 81.1 cm³/mol. The van der Waals surface area contributed by atoms with E-state index in [1.807, 2.05) is 6.07 Å². The maximum Gasteiger partial charge on any atom is 0.338 e. The first-order chi connectivity index (χ1) is 9.61. The van der Waals surface area contributed by atoms with E-state index in [0.717, 1.165) is 5.56 Å². The molecule has 0 unspecified atom stereocenters. The summed E-state index contributed by atoms with van der Waals surface area (Å²) in [5, 5.41) is 5.34. The highest BCUT2D eigenvalue weighted by atomic mass is 79.9. The zero-order valence-corrected chi connectivity index (χ0v) is 13.3. The van der Waals surface area contributed by atoms with Gasteiger partial charge in [0.15, 0.2) is 0 Å². The molecule has 0 spiro atoms. The van der Waals surface area contributed by atoms with Crippen molar-refractivity contribution in [1.29, 1.82) is 0 Å². The van der Waals surface area contributed by atoms with Crippen LogP contribution in [0.15, 0.2) is 24.3 Å². The van der Waals surface area contributed by atoms with E-state index in [-0.39, 0.29) is 28.8 Å². The number of amides is 2. The van der Waals surface area contributed by atoms with E-state index in [4.69, 9.17) is 4.74 Å². The molecular formula is C14H17BrN2O4. The maximum absolute atomic E-state index is 11.6. The molecule has 1 aliphatic heterocycles. The number of nitrogens with one attached hydrogen (secondary N) is 2. The Balaban J connectivity index is 0.00000220. The number of hydrogen-bond acceptors (Lipinski definition) is 5. The molecule has 0 aliphatic carbocycles. The number of carbonyl (C=O) groups excluding carboxylic acids is 3. The van der Waals surface area contributed by atoms with Crippen LogP contribution in [-0.4, -0.2) is 30.9 Å². The Morgan fingerprint density at radius 1 is 1.38 bits per heavy atom. The molecule has 1 heterocycles. The molecule has 0 bridgehead atoms. The molecule has 0 radical (unpaired) electrons. The van der Waals surface area contributed by atoms with Gasteiger partial charge in [-0.15, -0.1) is 17.0 Å². The van der Waals surface area contributed by atoms with E-state index < -0.39 is 12.0 Å². The average Bonchev–Trinajstić information content (AvgIpc) is 2.46. The third kappa shape index (κ3) is 4.37. The summed E-state index contributed by atoms with van der Waals surface area (Å²) in [6, 6.07) is 6.62. The number of halogens is 1. The van der Waals surface area contributed by atoms with Crippen LogP contribution in [-0.2, 0) is 20.9 Å². The van der Waals surface area contributed by atoms with Gasteiger partial charge in [0.1, 0.15) is 0 Å². The van der Waals surface area contributed by atoms with E-state index in [2.05, 4.69) is 10.6 Å². The molecule has 2 N–H and O–H groups in total. The lowest BCUT2D eigenvalue weighted by Gasteiger charge is -2.22. The molecule has 21 heavy (non-hydrogen) atoms. The Bertz CT molecular complexity index is 548. The average molecular weight is 357 g/mol. The largest absolute Gasteiger partial charge is 0.465 e. The molecule has 1 atom stereocenters. The number of rotatable bonds is 4. The molecule has 1 fully saturated rings. The van der Waals surface area contributed by atoms with Crippen molar-refractivity contribution in [3.05, 3.63) is 35.4 Å². The fourth-order valence-electron chi connectivity index (χ4n) is 2.11. The standard InChI is InChI=1S/C14H16N2O4.BrH/c1-20-14(19)10-5-3-2-4-9(10)8-15-11-6-7-12(17)16-13(11)18;/h2-5,11,15H,6-8H2,1H3,(H,16,17,18);1H/t11-;/m0./s1. The molecule has 2 amide bonds. The van der Waals surface area contributed by atoms with Gasteiger partial charge < -0.3 is 10.1 Å². The molecule has 1 saturated heterocycles. The van der Waals surface area contributed by atoms with Gasteiger partial charge in [-0.1, -0.05) is 18.2 Å². The topological polar surface area (TPSA) is 84.5 Å². The van der Waals surface area contributed by atoms with Crippen molar-refractivity contribution in [1.82, 2.24) is 10.6 Å². The minimum Gasteiger partial charge on any atom is -0.465 e. The van der Waals surface area contributed by atoms with Crippen LogP contribution in [0.5, 0.6) is 0 Å². The molecule has 6 nitrogen and oxygen atoms in total. The first-order valence-corrected chi connectivity index (χ1v) is 6.35. The third-order valence-corrected chi connectivity index (χ3v) is 3.20. The molecule has 0 saturated carbocycles. The second-order valence-corrected chi connectivity index (χ2v) is 4.53. The Morgan fingerprint density at radius 3 is 2.76 bits per heavy atom. The lowest BCUT2D eigenvalue weighted by molar-refractivity contribution is -0.134. The highest BCUT2D eigenvalue weighted by Crippen LogP contribution is 2.11. The Kier molecular flexibility index (Phi) is 6.51. The monoisotopic (exact) mass is 356 g/mol. The Labute approximate surface area is 133 Å². The van der Waals surface area contributed by atoms with Crippen LogP contribution < -0.4 is 10.6 Å². The summed E-state index contributed by atoms with van der Waals surface area (Å²) >= 11 is 0. The van der Waals surface area contributed by atoms with Gasteiger partial charge in [-0.05, 0) is 18.1 Å². The minimum atomic E-state index is -0.418. The second-order valence-electron chi connectivity index (χ2n) is 4.53. The van der Waals surface area contributed by atoms with Crippen molar-refractivity contribution in [3.8, 4) is 0 Å². The summed E-state index contributed by atoms with van der Waals surface area (Å²) in [6.07, 6.45) is 0.785. The van der Waals surface area contributed by atoms with Crippen LogP contribution in [0.25, 0.3) is 0 Å². The molecule has 1 aromatic rings. The van der Waals surface area contributed by atoms with E-state index in [1.54, 1.807) is 18.2 Å². The van der Waals surface area contributed by atoms with E-state index >= 15 is 0 Å². The van der Waals surface area contributed by atoms with Crippen molar-refractivity contribution in [3.63, 3.8) is 0 Å². The van der Waals surface area contributed by atoms with Crippen molar-refractivity contribution in [2.24, 2.45) is 0 Å². The summed E-state index contributed by atoms with van der Waals surface area (Å²) in [5.41, 5.74) is 1.22. The normalized spacial score (nSPS) is 17.7. The summed E-state index contributed by atoms with van der Waals surface area (Å²) in [4.78, 5) is 34.3. The molecule has 1 aliphatic rings. The number of imide groups is 1. The number of esters is 1. The number of methoxy groups -OCH3 is 1. The highest BCUT2D eigenvalue weighted by molar-refractivity contribution is 8.93. The molecule has 0 aromatic heterocycles. The zero-order chi connectivity index (χ0) is 14.5. The quantitative estimate of drug-likeness (QED) is 0.619. The molecule has 7 heteroatoms. The summed E-state index contributed by atoms with van der Waals surface area (Å²) in [6.45, 7) is 0.359. The van der Waals surface area contributed by atoms with Gasteiger partial charge in [0.05, 0.1) is 18.7 Å². The molecular weight excluding hydrogens is 340 g/mol. The summed E-state index contributed by atoms with van der Waals surface area (Å²) in [7, 11) is 1.33. The highest BCUT2D eigenvalue weighted by Gasteiger charge is 2.26. The molecule has 2 rings (SSSR count). The van der Waals surface area contributed by atoms with Crippen molar-refractivity contribution in [2.45, 2.75) is 25.4 Å². The predicted octanol–water partition coefficient (Wildman–Crippen LogP) is 0.946. The van der Waals surface area contributed by atoms with Crippen molar-refractivity contribution >= 4 is 34.8 Å². The second kappa shape index (κ2) is 7.90. The molecule has 1 aromatic carbocycles. The van der Waals surface area contributed by atoms with Crippen LogP contribution in [0.1, 0.15) is 28.8 Å². The molecule has 114 valence electrons. The Hall–Kier alpha value is -1.73. The smallest absolute Gasteiger partial charge is 0.338 e. The van der Waals surface area contributed by atoms with Gasteiger partial charge >= 0.3 is 5.97 Å². The number of ether oxygens (including phenoxy) is 1. The lowest BCUT2D eigenvalue weighted by Crippen LogP contribution is -2.50. The summed E-state index contributed by atoms with van der Waals surface area (Å²) in [5.74, 6) is -0.981. The van der Waals surface area contributed by atoms with Gasteiger partial charge in [-0.3, -0.25) is 14.9 Å². The summed E-state index contributed by atoms with van der Waals surface area (Å²) < 4.78 is 4.71. The van der Waals surface area contributed by atoms with Crippen molar-refractivity contribution < 1.29 is 19.1 Å². The maximum atomic E-state index is 11.6. The minimum absolute atomic E-state index is 0. The fraction of sp³-hybridized carbons (Fsp3) is 0.357. The van der Waals surface area contributed by atoms with Gasteiger partial charge in [0.25, 0.3) is 0 Å². The van der Waals surface area contributed by atoms with E-state index in [1.165, 1.54) is 7.11 Å². The number of carbonyl (C=O) groups is 3. The van der Waals surface area contributed by atoms with E-state index in [9.17, 15) is 14.4 Å². The van der Waals surface area contributed by atoms with Crippen LogP contribution in [0.3, 0.4) is 0 Å². The van der Waals surface area contributed by atoms with Gasteiger partial charge in [-0.25, -0.2) is 4.79 Å². The van der Waals surface area contributed by atoms with Crippen LogP contribution in [0.4, 0.5) is 0 Å². The third-order valence-electron chi connectivity index (χ3n) is 3.20. The number of piperidine rings is 1. The first kappa shape index (κ1) is 17.3.